The molecule has 134 valence electrons. The van der Waals surface area contributed by atoms with Crippen LogP contribution in [0.1, 0.15) is 12.5 Å². The molecular weight excluding hydrogens is 320 g/mol. The summed E-state index contributed by atoms with van der Waals surface area (Å²) in [6.07, 6.45) is 0. The Morgan fingerprint density at radius 1 is 0.808 bits per heavy atom. The molecule has 0 spiro atoms. The maximum absolute atomic E-state index is 6.02. The van der Waals surface area contributed by atoms with Crippen LogP contribution < -0.4 is 15.0 Å². The Bertz CT molecular complexity index is 774. The van der Waals surface area contributed by atoms with Gasteiger partial charge in [0.05, 0.1) is 5.69 Å². The minimum absolute atomic E-state index is 0.574. The fraction of sp³-hybridized carbons (Fsp3) is 0.217. The monoisotopic (exact) mass is 346 g/mol. The molecule has 0 aliphatic carbocycles. The van der Waals surface area contributed by atoms with Gasteiger partial charge in [0.2, 0.25) is 0 Å². The quantitative estimate of drug-likeness (QED) is 0.576. The van der Waals surface area contributed by atoms with Gasteiger partial charge in [0, 0.05) is 25.3 Å². The molecule has 0 aromatic heterocycles. The topological polar surface area (TPSA) is 24.5 Å². The predicted octanol–water partition coefficient (Wildman–Crippen LogP) is 5.20. The van der Waals surface area contributed by atoms with E-state index in [1.54, 1.807) is 0 Å². The highest BCUT2D eigenvalue weighted by atomic mass is 16.5. The molecule has 0 saturated carbocycles. The van der Waals surface area contributed by atoms with Crippen molar-refractivity contribution in [3.63, 3.8) is 0 Å². The van der Waals surface area contributed by atoms with Crippen LogP contribution in [0.3, 0.4) is 0 Å². The van der Waals surface area contributed by atoms with Crippen LogP contribution in [0.15, 0.2) is 84.9 Å². The van der Waals surface area contributed by atoms with Gasteiger partial charge in [0.15, 0.2) is 0 Å². The standard InChI is InChI=1S/C23H26N2O/c1-2-25(21-13-7-4-8-14-21)18-17-24-22-15-9-10-16-23(22)26-19-20-11-5-3-6-12-20/h3-16,24H,2,17-19H2,1H3. The molecule has 0 aliphatic rings. The van der Waals surface area contributed by atoms with Crippen molar-refractivity contribution in [2.45, 2.75) is 13.5 Å². The summed E-state index contributed by atoms with van der Waals surface area (Å²) in [6, 6.07) is 28.9. The smallest absolute Gasteiger partial charge is 0.142 e. The number of ether oxygens (including phenoxy) is 1. The minimum Gasteiger partial charge on any atom is -0.487 e. The van der Waals surface area contributed by atoms with Gasteiger partial charge in [-0.15, -0.1) is 0 Å². The Morgan fingerprint density at radius 3 is 2.19 bits per heavy atom. The lowest BCUT2D eigenvalue weighted by atomic mass is 10.2. The lowest BCUT2D eigenvalue weighted by molar-refractivity contribution is 0.307. The maximum atomic E-state index is 6.02. The van der Waals surface area contributed by atoms with Gasteiger partial charge in [-0.2, -0.15) is 0 Å². The number of hydrogen-bond acceptors (Lipinski definition) is 3. The first kappa shape index (κ1) is 17.9. The van der Waals surface area contributed by atoms with Crippen LogP contribution in [-0.4, -0.2) is 19.6 Å². The molecular formula is C23H26N2O. The highest BCUT2D eigenvalue weighted by molar-refractivity contribution is 5.56. The Kier molecular flexibility index (Phi) is 6.54. The van der Waals surface area contributed by atoms with Crippen LogP contribution >= 0.6 is 0 Å². The molecule has 0 unspecified atom stereocenters. The number of benzene rings is 3. The first-order chi connectivity index (χ1) is 12.9. The van der Waals surface area contributed by atoms with Crippen LogP contribution in [0, 0.1) is 0 Å². The zero-order chi connectivity index (χ0) is 18.0. The molecule has 3 rings (SSSR count). The van der Waals surface area contributed by atoms with Gasteiger partial charge in [0.1, 0.15) is 12.4 Å². The second-order valence-corrected chi connectivity index (χ2v) is 6.11. The van der Waals surface area contributed by atoms with Crippen LogP contribution in [0.4, 0.5) is 11.4 Å². The second kappa shape index (κ2) is 9.52. The van der Waals surface area contributed by atoms with Gasteiger partial charge >= 0.3 is 0 Å². The number of para-hydroxylation sites is 3. The lowest BCUT2D eigenvalue weighted by Gasteiger charge is -2.23. The van der Waals surface area contributed by atoms with Gasteiger partial charge in [-0.25, -0.2) is 0 Å². The molecule has 3 aromatic carbocycles. The maximum Gasteiger partial charge on any atom is 0.142 e. The number of anilines is 2. The zero-order valence-electron chi connectivity index (χ0n) is 15.3. The molecule has 0 heterocycles. The lowest BCUT2D eigenvalue weighted by Crippen LogP contribution is -2.28. The summed E-state index contributed by atoms with van der Waals surface area (Å²) < 4.78 is 6.02. The van der Waals surface area contributed by atoms with E-state index in [1.165, 1.54) is 11.3 Å². The molecule has 3 nitrogen and oxygen atoms in total. The minimum atomic E-state index is 0.574. The van der Waals surface area contributed by atoms with E-state index < -0.39 is 0 Å². The molecule has 3 heteroatoms. The highest BCUT2D eigenvalue weighted by Gasteiger charge is 2.06. The van der Waals surface area contributed by atoms with E-state index >= 15 is 0 Å². The molecule has 0 atom stereocenters. The molecule has 0 amide bonds. The van der Waals surface area contributed by atoms with E-state index in [1.807, 2.05) is 36.4 Å². The largest absolute Gasteiger partial charge is 0.487 e. The highest BCUT2D eigenvalue weighted by Crippen LogP contribution is 2.24. The summed E-state index contributed by atoms with van der Waals surface area (Å²) in [5.41, 5.74) is 3.46. The Morgan fingerprint density at radius 2 is 1.46 bits per heavy atom. The number of hydrogen-bond donors (Lipinski definition) is 1. The van der Waals surface area contributed by atoms with Crippen LogP contribution in [0.2, 0.25) is 0 Å². The van der Waals surface area contributed by atoms with Gasteiger partial charge in [0.25, 0.3) is 0 Å². The third-order valence-corrected chi connectivity index (χ3v) is 4.32. The number of nitrogens with zero attached hydrogens (tertiary/aromatic N) is 1. The molecule has 26 heavy (non-hydrogen) atoms. The van der Waals surface area contributed by atoms with E-state index in [0.29, 0.717) is 6.61 Å². The van der Waals surface area contributed by atoms with Gasteiger partial charge < -0.3 is 15.0 Å². The second-order valence-electron chi connectivity index (χ2n) is 6.11. The summed E-state index contributed by atoms with van der Waals surface area (Å²) in [6.45, 7) is 5.54. The van der Waals surface area contributed by atoms with Crippen molar-refractivity contribution in [2.75, 3.05) is 29.9 Å². The summed E-state index contributed by atoms with van der Waals surface area (Å²) >= 11 is 0. The van der Waals surface area contributed by atoms with Crippen LogP contribution in [0.5, 0.6) is 5.75 Å². The number of nitrogens with one attached hydrogen (secondary N) is 1. The van der Waals surface area contributed by atoms with E-state index in [9.17, 15) is 0 Å². The third-order valence-electron chi connectivity index (χ3n) is 4.32. The van der Waals surface area contributed by atoms with Gasteiger partial charge in [-0.1, -0.05) is 60.7 Å². The SMILES string of the molecule is CCN(CCNc1ccccc1OCc1ccccc1)c1ccccc1. The Hall–Kier alpha value is -2.94. The average molecular weight is 346 g/mol. The van der Waals surface area contributed by atoms with Crippen LogP contribution in [0.25, 0.3) is 0 Å². The van der Waals surface area contributed by atoms with E-state index in [2.05, 4.69) is 65.7 Å². The average Bonchev–Trinajstić information content (AvgIpc) is 2.72. The van der Waals surface area contributed by atoms with Crippen molar-refractivity contribution in [1.29, 1.82) is 0 Å². The van der Waals surface area contributed by atoms with Gasteiger partial charge in [-0.05, 0) is 36.8 Å². The van der Waals surface area contributed by atoms with Crippen molar-refractivity contribution in [1.82, 2.24) is 0 Å². The van der Waals surface area contributed by atoms with Crippen LogP contribution in [-0.2, 0) is 6.61 Å². The molecule has 0 saturated heterocycles. The predicted molar refractivity (Wildman–Crippen MR) is 110 cm³/mol. The van der Waals surface area contributed by atoms with Crippen molar-refractivity contribution in [3.8, 4) is 5.75 Å². The zero-order valence-corrected chi connectivity index (χ0v) is 15.3. The fourth-order valence-corrected chi connectivity index (χ4v) is 2.91. The van der Waals surface area contributed by atoms with Crippen molar-refractivity contribution in [2.24, 2.45) is 0 Å². The summed E-state index contributed by atoms with van der Waals surface area (Å²) in [4.78, 5) is 2.36. The first-order valence-corrected chi connectivity index (χ1v) is 9.16. The normalized spacial score (nSPS) is 10.3. The van der Waals surface area contributed by atoms with Crippen molar-refractivity contribution >= 4 is 11.4 Å². The van der Waals surface area contributed by atoms with E-state index in [4.69, 9.17) is 4.74 Å². The molecule has 3 aromatic rings. The van der Waals surface area contributed by atoms with E-state index in [0.717, 1.165) is 31.1 Å². The molecule has 1 N–H and O–H groups in total. The summed E-state index contributed by atoms with van der Waals surface area (Å²) in [7, 11) is 0. The number of likely N-dealkylation sites (N-methyl/N-ethyl adjacent to an activating group) is 1. The Balaban J connectivity index is 1.56. The van der Waals surface area contributed by atoms with Gasteiger partial charge in [-0.3, -0.25) is 0 Å². The fourth-order valence-electron chi connectivity index (χ4n) is 2.91. The number of rotatable bonds is 9. The molecule has 0 aliphatic heterocycles. The first-order valence-electron chi connectivity index (χ1n) is 9.16. The van der Waals surface area contributed by atoms with Crippen molar-refractivity contribution in [3.05, 3.63) is 90.5 Å². The third kappa shape index (κ3) is 5.03. The summed E-state index contributed by atoms with van der Waals surface area (Å²) in [5, 5.41) is 3.52. The Labute approximate surface area is 156 Å². The molecule has 0 bridgehead atoms. The van der Waals surface area contributed by atoms with E-state index in [-0.39, 0.29) is 0 Å². The summed E-state index contributed by atoms with van der Waals surface area (Å²) in [5.74, 6) is 0.888. The molecule has 0 fully saturated rings. The molecule has 0 radical (unpaired) electrons. The van der Waals surface area contributed by atoms with Crippen molar-refractivity contribution < 1.29 is 4.74 Å².